The van der Waals surface area contributed by atoms with Crippen LogP contribution < -0.4 is 9.47 Å². The van der Waals surface area contributed by atoms with Crippen LogP contribution in [0, 0.1) is 5.82 Å². The van der Waals surface area contributed by atoms with E-state index in [1.54, 1.807) is 0 Å². The number of hydrogen-bond donors (Lipinski definition) is 1. The molecule has 1 aromatic carbocycles. The number of benzene rings is 1. The molecule has 1 aliphatic rings. The average Bonchev–Trinajstić information content (AvgIpc) is 2.47. The summed E-state index contributed by atoms with van der Waals surface area (Å²) in [6.45, 7) is 0.608. The monoisotopic (exact) mass is 270 g/mol. The van der Waals surface area contributed by atoms with E-state index in [0.29, 0.717) is 18.1 Å². The van der Waals surface area contributed by atoms with Gasteiger partial charge >= 0.3 is 0 Å². The van der Waals surface area contributed by atoms with Crippen LogP contribution in [0.5, 0.6) is 11.5 Å². The van der Waals surface area contributed by atoms with Gasteiger partial charge in [-0.2, -0.15) is 0 Å². The van der Waals surface area contributed by atoms with Crippen molar-refractivity contribution in [1.29, 1.82) is 0 Å². The highest BCUT2D eigenvalue weighted by atomic mass is 19.1. The second-order valence-corrected chi connectivity index (χ2v) is 4.58. The fourth-order valence-corrected chi connectivity index (χ4v) is 2.31. The number of aliphatic hydroxyl groups excluding tert-OH is 1. The zero-order chi connectivity index (χ0) is 13.8. The maximum Gasteiger partial charge on any atom is 0.163 e. The summed E-state index contributed by atoms with van der Waals surface area (Å²) in [6, 6.07) is 2.69. The molecule has 1 heterocycles. The molecule has 2 unspecified atom stereocenters. The summed E-state index contributed by atoms with van der Waals surface area (Å²) >= 11 is 0. The zero-order valence-corrected chi connectivity index (χ0v) is 11.2. The van der Waals surface area contributed by atoms with Crippen LogP contribution in [0.1, 0.15) is 30.9 Å². The van der Waals surface area contributed by atoms with Gasteiger partial charge in [0.1, 0.15) is 11.9 Å². The number of hydrogen-bond acceptors (Lipinski definition) is 4. The van der Waals surface area contributed by atoms with Crippen LogP contribution in [-0.2, 0) is 4.74 Å². The molecule has 0 spiro atoms. The first-order valence-corrected chi connectivity index (χ1v) is 6.38. The molecule has 1 N–H and O–H groups in total. The highest BCUT2D eigenvalue weighted by Gasteiger charge is 2.27. The lowest BCUT2D eigenvalue weighted by Gasteiger charge is -2.27. The SMILES string of the molecule is COc1cc(F)c(C(O)C2CCCCO2)cc1OC. The van der Waals surface area contributed by atoms with Crippen molar-refractivity contribution in [3.8, 4) is 11.5 Å². The molecule has 2 atom stereocenters. The fourth-order valence-electron chi connectivity index (χ4n) is 2.31. The van der Waals surface area contributed by atoms with Gasteiger partial charge in [-0.15, -0.1) is 0 Å². The molecule has 5 heteroatoms. The summed E-state index contributed by atoms with van der Waals surface area (Å²) in [6.07, 6.45) is 1.35. The third kappa shape index (κ3) is 2.98. The molecule has 19 heavy (non-hydrogen) atoms. The third-order valence-electron chi connectivity index (χ3n) is 3.39. The molecule has 4 nitrogen and oxygen atoms in total. The van der Waals surface area contributed by atoms with E-state index in [1.807, 2.05) is 0 Å². The Balaban J connectivity index is 2.27. The highest BCUT2D eigenvalue weighted by Crippen LogP contribution is 2.35. The molecular weight excluding hydrogens is 251 g/mol. The van der Waals surface area contributed by atoms with E-state index >= 15 is 0 Å². The van der Waals surface area contributed by atoms with Crippen LogP contribution in [0.2, 0.25) is 0 Å². The van der Waals surface area contributed by atoms with Crippen LogP contribution in [-0.4, -0.2) is 32.0 Å². The van der Waals surface area contributed by atoms with Crippen molar-refractivity contribution in [2.24, 2.45) is 0 Å². The molecule has 1 fully saturated rings. The Hall–Kier alpha value is -1.33. The Morgan fingerprint density at radius 2 is 1.95 bits per heavy atom. The molecule has 106 valence electrons. The normalized spacial score (nSPS) is 20.9. The third-order valence-corrected chi connectivity index (χ3v) is 3.39. The van der Waals surface area contributed by atoms with Crippen molar-refractivity contribution < 1.29 is 23.7 Å². The number of halogens is 1. The van der Waals surface area contributed by atoms with Crippen LogP contribution in [0.25, 0.3) is 0 Å². The number of aliphatic hydroxyl groups is 1. The van der Waals surface area contributed by atoms with E-state index in [2.05, 4.69) is 0 Å². The second kappa shape index (κ2) is 6.21. The van der Waals surface area contributed by atoms with Crippen molar-refractivity contribution in [1.82, 2.24) is 0 Å². The smallest absolute Gasteiger partial charge is 0.163 e. The second-order valence-electron chi connectivity index (χ2n) is 4.58. The molecule has 0 bridgehead atoms. The largest absolute Gasteiger partial charge is 0.493 e. The molecular formula is C14H19FO4. The lowest BCUT2D eigenvalue weighted by molar-refractivity contribution is -0.0645. The molecule has 0 amide bonds. The first kappa shape index (κ1) is 14.1. The Labute approximate surface area is 112 Å². The van der Waals surface area contributed by atoms with Gasteiger partial charge in [-0.3, -0.25) is 0 Å². The lowest BCUT2D eigenvalue weighted by Crippen LogP contribution is -2.27. The van der Waals surface area contributed by atoms with Gasteiger partial charge in [0.15, 0.2) is 11.5 Å². The Bertz CT molecular complexity index is 430. The Morgan fingerprint density at radius 1 is 1.26 bits per heavy atom. The van der Waals surface area contributed by atoms with Crippen LogP contribution in [0.3, 0.4) is 0 Å². The van der Waals surface area contributed by atoms with Crippen molar-refractivity contribution in [3.05, 3.63) is 23.5 Å². The topological polar surface area (TPSA) is 47.9 Å². The predicted molar refractivity (Wildman–Crippen MR) is 68.1 cm³/mol. The summed E-state index contributed by atoms with van der Waals surface area (Å²) < 4.78 is 29.6. The first-order valence-electron chi connectivity index (χ1n) is 6.38. The van der Waals surface area contributed by atoms with Gasteiger partial charge in [0.05, 0.1) is 20.3 Å². The van der Waals surface area contributed by atoms with E-state index < -0.39 is 11.9 Å². The summed E-state index contributed by atoms with van der Waals surface area (Å²) in [7, 11) is 2.92. The molecule has 1 aromatic rings. The minimum absolute atomic E-state index is 0.185. The van der Waals surface area contributed by atoms with Crippen molar-refractivity contribution >= 4 is 0 Å². The van der Waals surface area contributed by atoms with Crippen molar-refractivity contribution in [3.63, 3.8) is 0 Å². The fraction of sp³-hybridized carbons (Fsp3) is 0.571. The predicted octanol–water partition coefficient (Wildman–Crippen LogP) is 2.45. The van der Waals surface area contributed by atoms with Gasteiger partial charge in [-0.1, -0.05) is 0 Å². The average molecular weight is 270 g/mol. The summed E-state index contributed by atoms with van der Waals surface area (Å²) in [5.74, 6) is 0.189. The molecule has 0 aromatic heterocycles. The van der Waals surface area contributed by atoms with Crippen LogP contribution in [0.4, 0.5) is 4.39 Å². The maximum absolute atomic E-state index is 14.0. The molecule has 2 rings (SSSR count). The quantitative estimate of drug-likeness (QED) is 0.913. The molecule has 1 aliphatic heterocycles. The van der Waals surface area contributed by atoms with Gasteiger partial charge in [0, 0.05) is 18.2 Å². The molecule has 0 aliphatic carbocycles. The first-order chi connectivity index (χ1) is 9.17. The van der Waals surface area contributed by atoms with Crippen LogP contribution in [0.15, 0.2) is 12.1 Å². The van der Waals surface area contributed by atoms with E-state index in [-0.39, 0.29) is 11.7 Å². The lowest BCUT2D eigenvalue weighted by atomic mass is 9.97. The van der Waals surface area contributed by atoms with E-state index in [0.717, 1.165) is 19.3 Å². The van der Waals surface area contributed by atoms with Gasteiger partial charge < -0.3 is 19.3 Å². The number of rotatable bonds is 4. The highest BCUT2D eigenvalue weighted by molar-refractivity contribution is 5.44. The Kier molecular flexibility index (Phi) is 4.61. The van der Waals surface area contributed by atoms with Gasteiger partial charge in [0.2, 0.25) is 0 Å². The van der Waals surface area contributed by atoms with E-state index in [9.17, 15) is 9.50 Å². The van der Waals surface area contributed by atoms with E-state index in [1.165, 1.54) is 26.4 Å². The standard InChI is InChI=1S/C14H19FO4/c1-17-12-7-9(10(15)8-13(12)18-2)14(16)11-5-3-4-6-19-11/h7-8,11,14,16H,3-6H2,1-2H3. The van der Waals surface area contributed by atoms with Gasteiger partial charge in [-0.05, 0) is 25.3 Å². The maximum atomic E-state index is 14.0. The van der Waals surface area contributed by atoms with Crippen molar-refractivity contribution in [2.45, 2.75) is 31.5 Å². The summed E-state index contributed by atoms with van der Waals surface area (Å²) in [5.41, 5.74) is 0.185. The minimum atomic E-state index is -0.986. The number of methoxy groups -OCH3 is 2. The summed E-state index contributed by atoms with van der Waals surface area (Å²) in [5, 5.41) is 10.2. The minimum Gasteiger partial charge on any atom is -0.493 e. The van der Waals surface area contributed by atoms with Gasteiger partial charge in [-0.25, -0.2) is 4.39 Å². The summed E-state index contributed by atoms with van der Waals surface area (Å²) in [4.78, 5) is 0. The molecule has 0 radical (unpaired) electrons. The van der Waals surface area contributed by atoms with Gasteiger partial charge in [0.25, 0.3) is 0 Å². The Morgan fingerprint density at radius 3 is 2.53 bits per heavy atom. The number of ether oxygens (including phenoxy) is 3. The van der Waals surface area contributed by atoms with Crippen LogP contribution >= 0.6 is 0 Å². The molecule has 0 saturated carbocycles. The zero-order valence-electron chi connectivity index (χ0n) is 11.2. The molecule has 1 saturated heterocycles. The van der Waals surface area contributed by atoms with Crippen molar-refractivity contribution in [2.75, 3.05) is 20.8 Å². The van der Waals surface area contributed by atoms with E-state index in [4.69, 9.17) is 14.2 Å².